The van der Waals surface area contributed by atoms with Crippen molar-refractivity contribution in [3.05, 3.63) is 11.6 Å². The smallest absolute Gasteiger partial charge is 0.250 e. The van der Waals surface area contributed by atoms with E-state index in [9.17, 15) is 9.79 Å². The third-order valence-electron chi connectivity index (χ3n) is 1.46. The third kappa shape index (κ3) is 6.21. The molecule has 0 saturated carbocycles. The Morgan fingerprint density at radius 1 is 1.00 bits per heavy atom. The maximum Gasteiger partial charge on any atom is 0.250 e. The maximum atomic E-state index is 9.94. The first-order chi connectivity index (χ1) is 7.28. The lowest BCUT2D eigenvalue weighted by molar-refractivity contribution is 0.242. The first-order valence-corrected chi connectivity index (χ1v) is 9.97. The van der Waals surface area contributed by atoms with E-state index in [2.05, 4.69) is 29.8 Å². The lowest BCUT2D eigenvalue weighted by atomic mass is 10.5. The Kier molecular flexibility index (Phi) is 5.71. The quantitative estimate of drug-likeness (QED) is 0.557. The van der Waals surface area contributed by atoms with E-state index in [1.807, 2.05) is 0 Å². The first kappa shape index (κ1) is 17.4. The van der Waals surface area contributed by atoms with E-state index in [1.54, 1.807) is 13.8 Å². The van der Waals surface area contributed by atoms with Gasteiger partial charge >= 0.3 is 0 Å². The summed E-state index contributed by atoms with van der Waals surface area (Å²) in [6.07, 6.45) is 9.31. The summed E-state index contributed by atoms with van der Waals surface area (Å²) in [5.41, 5.74) is 0. The molecule has 4 N–H and O–H groups in total. The molecule has 0 bridgehead atoms. The molecule has 102 valence electrons. The molecule has 0 heterocycles. The van der Waals surface area contributed by atoms with Gasteiger partial charge in [0.25, 0.3) is 7.57 Å². The first-order valence-electron chi connectivity index (χ1n) is 4.49. The summed E-state index contributed by atoms with van der Waals surface area (Å²) in [6, 6.07) is 0. The monoisotopic (exact) mass is 304 g/mol. The predicted molar refractivity (Wildman–Crippen MR) is 77.4 cm³/mol. The van der Waals surface area contributed by atoms with E-state index in [0.717, 1.165) is 0 Å². The van der Waals surface area contributed by atoms with Crippen LogP contribution in [0.1, 0.15) is 13.8 Å². The van der Waals surface area contributed by atoms with Crippen molar-refractivity contribution >= 4 is 41.1 Å². The van der Waals surface area contributed by atoms with E-state index in [0.29, 0.717) is 0 Å². The number of rotatable bonds is 6. The lowest BCUT2D eigenvalue weighted by Crippen LogP contribution is -2.03. The van der Waals surface area contributed by atoms with Crippen LogP contribution >= 0.6 is 22.2 Å². The molecule has 0 aromatic rings. The maximum absolute atomic E-state index is 9.94. The van der Waals surface area contributed by atoms with Crippen LogP contribution in [0.25, 0.3) is 0 Å². The van der Waals surface area contributed by atoms with Gasteiger partial charge < -0.3 is 24.1 Å². The molecule has 0 rings (SSSR count). The van der Waals surface area contributed by atoms with Gasteiger partial charge in [-0.2, -0.15) is 0 Å². The van der Waals surface area contributed by atoms with E-state index in [4.69, 9.17) is 14.3 Å². The highest BCUT2D eigenvalue weighted by molar-refractivity contribution is 7.89. The SMILES string of the molecule is C=C(P(=C)(O)OC(C)C)P(=C)(O)OP(=C)(O)O. The van der Waals surface area contributed by atoms with Crippen LogP contribution in [0.4, 0.5) is 0 Å². The fourth-order valence-corrected chi connectivity index (χ4v) is 6.27. The number of hydrogen-bond acceptors (Lipinski definition) is 6. The summed E-state index contributed by atoms with van der Waals surface area (Å²) in [7, 11) is -11.0. The molecule has 0 aromatic heterocycles. The molecule has 2 unspecified atom stereocenters. The Labute approximate surface area is 102 Å². The van der Waals surface area contributed by atoms with Gasteiger partial charge in [0.2, 0.25) is 0 Å². The second-order valence-corrected chi connectivity index (χ2v) is 10.2. The van der Waals surface area contributed by atoms with Gasteiger partial charge in [0.1, 0.15) is 7.34 Å². The van der Waals surface area contributed by atoms with Gasteiger partial charge in [0.15, 0.2) is 7.34 Å². The summed E-state index contributed by atoms with van der Waals surface area (Å²) in [4.78, 5) is 37.9. The Bertz CT molecular complexity index is 435. The Morgan fingerprint density at radius 3 is 1.71 bits per heavy atom. The summed E-state index contributed by atoms with van der Waals surface area (Å²) in [5.74, 6) is 0. The van der Waals surface area contributed by atoms with E-state index in [1.165, 1.54) is 0 Å². The van der Waals surface area contributed by atoms with Gasteiger partial charge in [-0.1, -0.05) is 6.58 Å². The molecule has 0 amide bonds. The molecular formula is C8H19O6P3. The minimum absolute atomic E-state index is 0.255. The zero-order chi connectivity index (χ0) is 14.1. The van der Waals surface area contributed by atoms with Crippen molar-refractivity contribution in [2.24, 2.45) is 0 Å². The van der Waals surface area contributed by atoms with Crippen LogP contribution in [-0.2, 0) is 8.83 Å². The molecule has 0 spiro atoms. The van der Waals surface area contributed by atoms with Crippen molar-refractivity contribution in [3.8, 4) is 0 Å². The molecular weight excluding hydrogens is 285 g/mol. The Balaban J connectivity index is 5.11. The summed E-state index contributed by atoms with van der Waals surface area (Å²) >= 11 is 0. The normalized spacial score (nSPS) is 19.7. The zero-order valence-corrected chi connectivity index (χ0v) is 12.5. The lowest BCUT2D eigenvalue weighted by Gasteiger charge is -2.30. The van der Waals surface area contributed by atoms with Crippen LogP contribution in [0.2, 0.25) is 0 Å². The van der Waals surface area contributed by atoms with Gasteiger partial charge in [0, 0.05) is 0 Å². The molecule has 0 aliphatic carbocycles. The Hall–Kier alpha value is 0.400. The molecule has 6 nitrogen and oxygen atoms in total. The summed E-state index contributed by atoms with van der Waals surface area (Å²) < 4.78 is 9.70. The predicted octanol–water partition coefficient (Wildman–Crippen LogP) is 1.62. The van der Waals surface area contributed by atoms with Crippen LogP contribution in [0.5, 0.6) is 0 Å². The van der Waals surface area contributed by atoms with Crippen molar-refractivity contribution in [2.45, 2.75) is 20.0 Å². The Morgan fingerprint density at radius 2 is 1.41 bits per heavy atom. The average molecular weight is 304 g/mol. The van der Waals surface area contributed by atoms with Crippen LogP contribution in [0, 0.1) is 0 Å². The summed E-state index contributed by atoms with van der Waals surface area (Å²) in [5, 5.41) is -0.255. The minimum Gasteiger partial charge on any atom is -0.350 e. The fraction of sp³-hybridized carbons (Fsp3) is 0.375. The number of hydrogen-bond donors (Lipinski definition) is 4. The van der Waals surface area contributed by atoms with Crippen molar-refractivity contribution in [1.82, 2.24) is 0 Å². The molecule has 17 heavy (non-hydrogen) atoms. The standard InChI is InChI=1S/C8H19O6P3/c1-7(2)13-15(4,9)8(3)16(5,10)14-17(6,11)12/h7,9-12H,3-6H2,1-2H3. The van der Waals surface area contributed by atoms with Gasteiger partial charge in [-0.15, -0.1) is 0 Å². The molecule has 0 radical (unpaired) electrons. The topological polar surface area (TPSA) is 99.4 Å². The summed E-state index contributed by atoms with van der Waals surface area (Å²) in [6.45, 7) is 6.76. The van der Waals surface area contributed by atoms with Crippen LogP contribution in [0.15, 0.2) is 11.6 Å². The largest absolute Gasteiger partial charge is 0.350 e. The molecule has 9 heteroatoms. The van der Waals surface area contributed by atoms with Crippen molar-refractivity contribution in [2.75, 3.05) is 0 Å². The molecule has 0 saturated heterocycles. The van der Waals surface area contributed by atoms with E-state index in [-0.39, 0.29) is 11.2 Å². The molecule has 2 atom stereocenters. The van der Waals surface area contributed by atoms with Crippen molar-refractivity contribution in [3.63, 3.8) is 0 Å². The van der Waals surface area contributed by atoms with E-state index >= 15 is 0 Å². The fourth-order valence-electron chi connectivity index (χ4n) is 0.917. The molecule has 0 aliphatic heterocycles. The molecule has 0 fully saturated rings. The van der Waals surface area contributed by atoms with Crippen molar-refractivity contribution in [1.29, 1.82) is 0 Å². The second kappa shape index (κ2) is 5.58. The van der Waals surface area contributed by atoms with Gasteiger partial charge in [-0.25, -0.2) is 0 Å². The zero-order valence-electron chi connectivity index (χ0n) is 9.85. The van der Waals surface area contributed by atoms with Gasteiger partial charge in [-0.05, 0) is 32.7 Å². The van der Waals surface area contributed by atoms with Gasteiger partial charge in [0.05, 0.1) is 11.2 Å². The van der Waals surface area contributed by atoms with Gasteiger partial charge in [-0.3, -0.25) is 4.31 Å². The minimum atomic E-state index is -3.95. The highest BCUT2D eigenvalue weighted by Gasteiger charge is 2.31. The van der Waals surface area contributed by atoms with Crippen molar-refractivity contribution < 1.29 is 28.4 Å². The average Bonchev–Trinajstić information content (AvgIpc) is 1.95. The second-order valence-electron chi connectivity index (χ2n) is 3.72. The highest BCUT2D eigenvalue weighted by Crippen LogP contribution is 2.72. The molecule has 0 aromatic carbocycles. The molecule has 0 aliphatic rings. The third-order valence-corrected chi connectivity index (χ3v) is 7.84. The van der Waals surface area contributed by atoms with E-state index < -0.39 is 22.2 Å². The van der Waals surface area contributed by atoms with Crippen LogP contribution < -0.4 is 0 Å². The van der Waals surface area contributed by atoms with Crippen LogP contribution in [0.3, 0.4) is 0 Å². The van der Waals surface area contributed by atoms with Crippen LogP contribution in [-0.4, -0.2) is 44.6 Å². The highest BCUT2D eigenvalue weighted by atomic mass is 31.3.